The van der Waals surface area contributed by atoms with E-state index in [2.05, 4.69) is 15.3 Å². The van der Waals surface area contributed by atoms with Crippen molar-refractivity contribution in [3.63, 3.8) is 0 Å². The molecule has 0 saturated heterocycles. The fraction of sp³-hybridized carbons (Fsp3) is 0.0556. The maximum Gasteiger partial charge on any atom is 0.288 e. The molecule has 3 rings (SSSR count). The van der Waals surface area contributed by atoms with Crippen LogP contribution in [0.4, 0.5) is 14.5 Å². The number of benzene rings is 2. The maximum atomic E-state index is 12.3. The van der Waals surface area contributed by atoms with Crippen LogP contribution in [0.25, 0.3) is 11.4 Å². The summed E-state index contributed by atoms with van der Waals surface area (Å²) in [5.74, 6) is -2.38. The molecule has 0 radical (unpaired) electrons. The van der Waals surface area contributed by atoms with Crippen LogP contribution in [-0.2, 0) is 0 Å². The molecule has 2 N–H and O–H groups in total. The zero-order valence-corrected chi connectivity index (χ0v) is 14.1. The van der Waals surface area contributed by atoms with Gasteiger partial charge in [0.05, 0.1) is 18.1 Å². The first kappa shape index (κ1) is 17.8. The van der Waals surface area contributed by atoms with Gasteiger partial charge in [0.2, 0.25) is 0 Å². The van der Waals surface area contributed by atoms with E-state index in [0.717, 1.165) is 0 Å². The number of thioether (sulfide) groups is 1. The zero-order chi connectivity index (χ0) is 18.5. The lowest BCUT2D eigenvalue weighted by Gasteiger charge is -2.07. The summed E-state index contributed by atoms with van der Waals surface area (Å²) in [5.41, 5.74) is 1.38. The molecule has 26 heavy (non-hydrogen) atoms. The van der Waals surface area contributed by atoms with E-state index in [9.17, 15) is 18.7 Å². The van der Waals surface area contributed by atoms with Crippen LogP contribution in [0, 0.1) is 0 Å². The summed E-state index contributed by atoms with van der Waals surface area (Å²) in [5, 5.41) is 12.1. The number of alkyl halides is 2. The van der Waals surface area contributed by atoms with Crippen molar-refractivity contribution >= 4 is 23.4 Å². The van der Waals surface area contributed by atoms with Gasteiger partial charge in [0, 0.05) is 16.0 Å². The first-order valence-electron chi connectivity index (χ1n) is 7.49. The van der Waals surface area contributed by atoms with E-state index in [1.807, 2.05) is 0 Å². The highest BCUT2D eigenvalue weighted by molar-refractivity contribution is 7.99. The molecule has 0 saturated carbocycles. The summed E-state index contributed by atoms with van der Waals surface area (Å²) in [4.78, 5) is 20.9. The maximum absolute atomic E-state index is 12.3. The number of hydrogen-bond donors (Lipinski definition) is 2. The van der Waals surface area contributed by atoms with Gasteiger partial charge in [-0.3, -0.25) is 4.79 Å². The van der Waals surface area contributed by atoms with E-state index in [1.165, 1.54) is 42.7 Å². The van der Waals surface area contributed by atoms with Gasteiger partial charge in [-0.1, -0.05) is 23.9 Å². The molecule has 2 aromatic carbocycles. The van der Waals surface area contributed by atoms with E-state index in [-0.39, 0.29) is 5.75 Å². The molecule has 8 heteroatoms. The van der Waals surface area contributed by atoms with Crippen LogP contribution in [0.3, 0.4) is 0 Å². The standard InChI is InChI=1S/C18H13F2N3O2S/c19-18(20)26-15-6-4-11(5-7-15)17(25)23-13-9-21-16(22-10-13)12-2-1-3-14(24)8-12/h1-10,18,24H,(H,23,25). The van der Waals surface area contributed by atoms with Crippen LogP contribution in [0.2, 0.25) is 0 Å². The summed E-state index contributed by atoms with van der Waals surface area (Å²) >= 11 is 0.420. The Bertz CT molecular complexity index is 903. The number of nitrogens with zero attached hydrogens (tertiary/aromatic N) is 2. The number of anilines is 1. The van der Waals surface area contributed by atoms with Crippen molar-refractivity contribution in [1.29, 1.82) is 0 Å². The first-order chi connectivity index (χ1) is 12.5. The minimum Gasteiger partial charge on any atom is -0.508 e. The number of halogens is 2. The lowest BCUT2D eigenvalue weighted by molar-refractivity contribution is 0.102. The van der Waals surface area contributed by atoms with Gasteiger partial charge < -0.3 is 10.4 Å². The lowest BCUT2D eigenvalue weighted by atomic mass is 10.2. The van der Waals surface area contributed by atoms with Crippen molar-refractivity contribution in [3.05, 3.63) is 66.5 Å². The summed E-state index contributed by atoms with van der Waals surface area (Å²) < 4.78 is 24.6. The Morgan fingerprint density at radius 2 is 1.77 bits per heavy atom. The number of hydrogen-bond acceptors (Lipinski definition) is 5. The third-order valence-corrected chi connectivity index (χ3v) is 4.08. The summed E-state index contributed by atoms with van der Waals surface area (Å²) in [6.07, 6.45) is 2.90. The molecule has 0 aliphatic carbocycles. The molecular formula is C18H13F2N3O2S. The highest BCUT2D eigenvalue weighted by Gasteiger charge is 2.10. The Labute approximate surface area is 152 Å². The molecule has 0 atom stereocenters. The topological polar surface area (TPSA) is 75.1 Å². The molecule has 5 nitrogen and oxygen atoms in total. The molecule has 1 heterocycles. The third kappa shape index (κ3) is 4.54. The number of aromatic hydroxyl groups is 1. The summed E-state index contributed by atoms with van der Waals surface area (Å²) in [6.45, 7) is 0. The quantitative estimate of drug-likeness (QED) is 0.648. The molecule has 0 spiro atoms. The Morgan fingerprint density at radius 3 is 2.38 bits per heavy atom. The average molecular weight is 373 g/mol. The molecule has 0 aliphatic heterocycles. The summed E-state index contributed by atoms with van der Waals surface area (Å²) in [7, 11) is 0. The van der Waals surface area contributed by atoms with Gasteiger partial charge in [0.15, 0.2) is 5.82 Å². The van der Waals surface area contributed by atoms with Crippen molar-refractivity contribution < 1.29 is 18.7 Å². The number of nitrogens with one attached hydrogen (secondary N) is 1. The van der Waals surface area contributed by atoms with Gasteiger partial charge >= 0.3 is 0 Å². The normalized spacial score (nSPS) is 10.7. The van der Waals surface area contributed by atoms with Gasteiger partial charge in [-0.2, -0.15) is 8.78 Å². The van der Waals surface area contributed by atoms with E-state index in [4.69, 9.17) is 0 Å². The molecule has 0 aliphatic rings. The third-order valence-electron chi connectivity index (χ3n) is 3.36. The molecule has 0 unspecified atom stereocenters. The number of phenols is 1. The van der Waals surface area contributed by atoms with E-state index >= 15 is 0 Å². The van der Waals surface area contributed by atoms with Gasteiger partial charge in [-0.05, 0) is 36.4 Å². The number of aromatic nitrogens is 2. The van der Waals surface area contributed by atoms with E-state index < -0.39 is 11.7 Å². The molecule has 1 amide bonds. The summed E-state index contributed by atoms with van der Waals surface area (Å²) in [6, 6.07) is 12.4. The van der Waals surface area contributed by atoms with Crippen LogP contribution in [-0.4, -0.2) is 26.7 Å². The second kappa shape index (κ2) is 7.92. The van der Waals surface area contributed by atoms with Crippen molar-refractivity contribution in [1.82, 2.24) is 9.97 Å². The minimum absolute atomic E-state index is 0.108. The fourth-order valence-corrected chi connectivity index (χ4v) is 2.68. The SMILES string of the molecule is O=C(Nc1cnc(-c2cccc(O)c2)nc1)c1ccc(SC(F)F)cc1. The molecule has 132 valence electrons. The second-order valence-corrected chi connectivity index (χ2v) is 6.27. The smallest absolute Gasteiger partial charge is 0.288 e. The monoisotopic (exact) mass is 373 g/mol. The van der Waals surface area contributed by atoms with E-state index in [1.54, 1.807) is 18.2 Å². The van der Waals surface area contributed by atoms with Gasteiger partial charge in [0.1, 0.15) is 5.75 Å². The largest absolute Gasteiger partial charge is 0.508 e. The molecule has 0 fully saturated rings. The predicted octanol–water partition coefficient (Wildman–Crippen LogP) is 4.42. The molecular weight excluding hydrogens is 360 g/mol. The number of amides is 1. The van der Waals surface area contributed by atoms with Gasteiger partial charge in [-0.15, -0.1) is 0 Å². The number of rotatable bonds is 5. The number of carbonyl (C=O) groups excluding carboxylic acids is 1. The van der Waals surface area contributed by atoms with Crippen LogP contribution in [0.15, 0.2) is 65.8 Å². The van der Waals surface area contributed by atoms with Crippen LogP contribution in [0.1, 0.15) is 10.4 Å². The Hall–Kier alpha value is -3.00. The zero-order valence-electron chi connectivity index (χ0n) is 13.3. The fourth-order valence-electron chi connectivity index (χ4n) is 2.18. The van der Waals surface area contributed by atoms with Gasteiger partial charge in [-0.25, -0.2) is 9.97 Å². The minimum atomic E-state index is -2.50. The average Bonchev–Trinajstić information content (AvgIpc) is 2.62. The molecule has 1 aromatic heterocycles. The van der Waals surface area contributed by atoms with Crippen molar-refractivity contribution in [2.45, 2.75) is 10.7 Å². The Morgan fingerprint density at radius 1 is 1.08 bits per heavy atom. The Kier molecular flexibility index (Phi) is 5.43. The number of phenolic OH excluding ortho intramolecular Hbond substituents is 1. The van der Waals surface area contributed by atoms with Gasteiger partial charge in [0.25, 0.3) is 11.7 Å². The van der Waals surface area contributed by atoms with E-state index in [0.29, 0.717) is 39.3 Å². The van der Waals surface area contributed by atoms with Crippen molar-refractivity contribution in [2.24, 2.45) is 0 Å². The highest BCUT2D eigenvalue weighted by atomic mass is 32.2. The first-order valence-corrected chi connectivity index (χ1v) is 8.37. The second-order valence-electron chi connectivity index (χ2n) is 5.20. The van der Waals surface area contributed by atoms with Crippen LogP contribution in [0.5, 0.6) is 5.75 Å². The molecule has 0 bridgehead atoms. The predicted molar refractivity (Wildman–Crippen MR) is 95.4 cm³/mol. The lowest BCUT2D eigenvalue weighted by Crippen LogP contribution is -2.12. The van der Waals surface area contributed by atoms with Crippen molar-refractivity contribution in [3.8, 4) is 17.1 Å². The van der Waals surface area contributed by atoms with Crippen LogP contribution < -0.4 is 5.32 Å². The molecule has 3 aromatic rings. The number of carbonyl (C=O) groups is 1. The van der Waals surface area contributed by atoms with Crippen LogP contribution >= 0.6 is 11.8 Å². The highest BCUT2D eigenvalue weighted by Crippen LogP contribution is 2.25. The Balaban J connectivity index is 1.68. The van der Waals surface area contributed by atoms with Crippen molar-refractivity contribution in [2.75, 3.05) is 5.32 Å².